The van der Waals surface area contributed by atoms with Crippen molar-refractivity contribution in [3.63, 3.8) is 0 Å². The largest absolute Gasteiger partial charge is 0.490 e. The van der Waals surface area contributed by atoms with E-state index in [9.17, 15) is 0 Å². The molecule has 0 aliphatic rings. The van der Waals surface area contributed by atoms with E-state index in [-0.39, 0.29) is 6.10 Å². The number of nitrogens with zero attached hydrogens (tertiary/aromatic N) is 1. The van der Waals surface area contributed by atoms with Crippen molar-refractivity contribution in [3.05, 3.63) is 84.0 Å². The Labute approximate surface area is 152 Å². The summed E-state index contributed by atoms with van der Waals surface area (Å²) in [5.41, 5.74) is 0. The minimum Gasteiger partial charge on any atom is -0.490 e. The highest BCUT2D eigenvalue weighted by Crippen LogP contribution is 2.16. The number of ether oxygens (including phenoxy) is 3. The minimum atomic E-state index is -0.341. The van der Waals surface area contributed by atoms with Gasteiger partial charge in [0, 0.05) is 6.07 Å². The van der Waals surface area contributed by atoms with Gasteiger partial charge in [-0.15, -0.1) is 0 Å². The van der Waals surface area contributed by atoms with E-state index in [1.165, 1.54) is 0 Å². The molecular weight excluding hydrogens is 338 g/mol. The minimum absolute atomic E-state index is 0.324. The van der Waals surface area contributed by atoms with Gasteiger partial charge >= 0.3 is 0 Å². The average molecular weight is 356 g/mol. The zero-order valence-corrected chi connectivity index (χ0v) is 14.3. The van der Waals surface area contributed by atoms with Gasteiger partial charge in [-0.25, -0.2) is 4.98 Å². The van der Waals surface area contributed by atoms with Gasteiger partial charge in [-0.2, -0.15) is 0 Å². The van der Waals surface area contributed by atoms with Crippen molar-refractivity contribution in [2.24, 2.45) is 0 Å². The number of halogens is 1. The summed E-state index contributed by atoms with van der Waals surface area (Å²) >= 11 is 5.92. The molecule has 5 heteroatoms. The Morgan fingerprint density at radius 3 is 1.80 bits per heavy atom. The third-order valence-electron chi connectivity index (χ3n) is 3.34. The van der Waals surface area contributed by atoms with Crippen LogP contribution in [0.5, 0.6) is 17.4 Å². The first-order valence-corrected chi connectivity index (χ1v) is 8.32. The third kappa shape index (κ3) is 5.69. The number of pyridine rings is 1. The standard InChI is InChI=1S/C20H18ClNO3/c21-19-12-7-13-20(22-19)25-18(14-23-16-8-3-1-4-9-16)15-24-17-10-5-2-6-11-17/h1-13,18H,14-15H2. The Bertz CT molecular complexity index is 725. The topological polar surface area (TPSA) is 40.6 Å². The zero-order chi connectivity index (χ0) is 17.3. The maximum atomic E-state index is 5.92. The lowest BCUT2D eigenvalue weighted by Gasteiger charge is -2.19. The van der Waals surface area contributed by atoms with E-state index >= 15 is 0 Å². The van der Waals surface area contributed by atoms with Crippen molar-refractivity contribution in [1.82, 2.24) is 4.98 Å². The van der Waals surface area contributed by atoms with Crippen molar-refractivity contribution < 1.29 is 14.2 Å². The van der Waals surface area contributed by atoms with Crippen LogP contribution >= 0.6 is 11.6 Å². The summed E-state index contributed by atoms with van der Waals surface area (Å²) in [6, 6.07) is 24.4. The van der Waals surface area contributed by atoms with Crippen LogP contribution in [0.2, 0.25) is 5.15 Å². The van der Waals surface area contributed by atoms with Gasteiger partial charge in [-0.05, 0) is 30.3 Å². The van der Waals surface area contributed by atoms with Gasteiger partial charge in [-0.3, -0.25) is 0 Å². The number of aromatic nitrogens is 1. The van der Waals surface area contributed by atoms with E-state index in [0.29, 0.717) is 24.2 Å². The maximum Gasteiger partial charge on any atom is 0.215 e. The van der Waals surface area contributed by atoms with Crippen LogP contribution < -0.4 is 14.2 Å². The van der Waals surface area contributed by atoms with Gasteiger partial charge in [0.25, 0.3) is 0 Å². The van der Waals surface area contributed by atoms with E-state index in [1.807, 2.05) is 60.7 Å². The molecule has 3 aromatic rings. The fourth-order valence-electron chi connectivity index (χ4n) is 2.15. The summed E-state index contributed by atoms with van der Waals surface area (Å²) < 4.78 is 17.5. The molecule has 0 saturated carbocycles. The lowest BCUT2D eigenvalue weighted by atomic mass is 10.3. The highest BCUT2D eigenvalue weighted by Gasteiger charge is 2.14. The summed E-state index contributed by atoms with van der Waals surface area (Å²) in [6.45, 7) is 0.649. The Morgan fingerprint density at radius 2 is 1.28 bits per heavy atom. The average Bonchev–Trinajstić information content (AvgIpc) is 2.66. The fraction of sp³-hybridized carbons (Fsp3) is 0.150. The molecule has 0 atom stereocenters. The Balaban J connectivity index is 1.64. The van der Waals surface area contributed by atoms with Gasteiger partial charge in [0.15, 0.2) is 6.10 Å². The van der Waals surface area contributed by atoms with Gasteiger partial charge in [-0.1, -0.05) is 54.1 Å². The van der Waals surface area contributed by atoms with Crippen molar-refractivity contribution in [1.29, 1.82) is 0 Å². The molecule has 0 fully saturated rings. The normalized spacial score (nSPS) is 10.5. The van der Waals surface area contributed by atoms with Crippen LogP contribution in [0.4, 0.5) is 0 Å². The maximum absolute atomic E-state index is 5.92. The first-order chi connectivity index (χ1) is 12.3. The van der Waals surface area contributed by atoms with E-state index in [0.717, 1.165) is 11.5 Å². The van der Waals surface area contributed by atoms with Crippen LogP contribution in [0.3, 0.4) is 0 Å². The molecule has 0 amide bonds. The van der Waals surface area contributed by atoms with Crippen molar-refractivity contribution in [2.75, 3.05) is 13.2 Å². The summed E-state index contributed by atoms with van der Waals surface area (Å²) in [5.74, 6) is 1.98. The first-order valence-electron chi connectivity index (χ1n) is 7.94. The monoisotopic (exact) mass is 355 g/mol. The quantitative estimate of drug-likeness (QED) is 0.552. The summed E-state index contributed by atoms with van der Waals surface area (Å²) in [6.07, 6.45) is -0.341. The molecule has 0 saturated heterocycles. The molecule has 0 radical (unpaired) electrons. The molecule has 4 nitrogen and oxygen atoms in total. The molecule has 2 aromatic carbocycles. The fourth-order valence-corrected chi connectivity index (χ4v) is 2.31. The SMILES string of the molecule is Clc1cccc(OC(COc2ccccc2)COc2ccccc2)n1. The second kappa shape index (κ2) is 8.94. The molecule has 1 aromatic heterocycles. The van der Waals surface area contributed by atoms with Crippen LogP contribution in [0.15, 0.2) is 78.9 Å². The highest BCUT2D eigenvalue weighted by molar-refractivity contribution is 6.29. The molecule has 3 rings (SSSR count). The van der Waals surface area contributed by atoms with Gasteiger partial charge in [0.2, 0.25) is 5.88 Å². The van der Waals surface area contributed by atoms with Crippen LogP contribution in [0.25, 0.3) is 0 Å². The van der Waals surface area contributed by atoms with Crippen LogP contribution in [-0.4, -0.2) is 24.3 Å². The smallest absolute Gasteiger partial charge is 0.215 e. The molecule has 0 unspecified atom stereocenters. The van der Waals surface area contributed by atoms with E-state index in [1.54, 1.807) is 18.2 Å². The number of para-hydroxylation sites is 2. The van der Waals surface area contributed by atoms with E-state index < -0.39 is 0 Å². The number of hydrogen-bond acceptors (Lipinski definition) is 4. The highest BCUT2D eigenvalue weighted by atomic mass is 35.5. The Hall–Kier alpha value is -2.72. The second-order valence-corrected chi connectivity index (χ2v) is 5.67. The van der Waals surface area contributed by atoms with Crippen LogP contribution in [-0.2, 0) is 0 Å². The van der Waals surface area contributed by atoms with Crippen LogP contribution in [0, 0.1) is 0 Å². The lowest BCUT2D eigenvalue weighted by molar-refractivity contribution is 0.0776. The molecular formula is C20H18ClNO3. The molecule has 25 heavy (non-hydrogen) atoms. The van der Waals surface area contributed by atoms with Gasteiger partial charge in [0.1, 0.15) is 29.9 Å². The third-order valence-corrected chi connectivity index (χ3v) is 3.55. The zero-order valence-electron chi connectivity index (χ0n) is 13.5. The summed E-state index contributed by atoms with van der Waals surface area (Å²) in [7, 11) is 0. The second-order valence-electron chi connectivity index (χ2n) is 5.29. The van der Waals surface area contributed by atoms with Gasteiger partial charge < -0.3 is 14.2 Å². The van der Waals surface area contributed by atoms with Crippen molar-refractivity contribution in [3.8, 4) is 17.4 Å². The first kappa shape index (κ1) is 17.1. The molecule has 128 valence electrons. The molecule has 0 aliphatic heterocycles. The van der Waals surface area contributed by atoms with Gasteiger partial charge in [0.05, 0.1) is 0 Å². The molecule has 0 spiro atoms. The molecule has 0 N–H and O–H groups in total. The summed E-state index contributed by atoms with van der Waals surface area (Å²) in [5, 5.41) is 0.379. The van der Waals surface area contributed by atoms with Crippen LogP contribution in [0.1, 0.15) is 0 Å². The summed E-state index contributed by atoms with van der Waals surface area (Å²) in [4.78, 5) is 4.16. The molecule has 1 heterocycles. The van der Waals surface area contributed by atoms with E-state index in [2.05, 4.69) is 4.98 Å². The Kier molecular flexibility index (Phi) is 6.12. The number of rotatable bonds is 8. The van der Waals surface area contributed by atoms with Crippen molar-refractivity contribution >= 4 is 11.6 Å². The predicted molar refractivity (Wildman–Crippen MR) is 97.5 cm³/mol. The molecule has 0 aliphatic carbocycles. The van der Waals surface area contributed by atoms with E-state index in [4.69, 9.17) is 25.8 Å². The Morgan fingerprint density at radius 1 is 0.720 bits per heavy atom. The number of hydrogen-bond donors (Lipinski definition) is 0. The van der Waals surface area contributed by atoms with Crippen molar-refractivity contribution in [2.45, 2.75) is 6.10 Å². The lowest BCUT2D eigenvalue weighted by Crippen LogP contribution is -2.31. The molecule has 0 bridgehead atoms. The predicted octanol–water partition coefficient (Wildman–Crippen LogP) is 4.64. The number of benzene rings is 2.